The Balaban J connectivity index is 0.00000196. The zero-order chi connectivity index (χ0) is 10.6. The van der Waals surface area contributed by atoms with E-state index in [-0.39, 0.29) is 24.2 Å². The summed E-state index contributed by atoms with van der Waals surface area (Å²) in [6.07, 6.45) is 0. The van der Waals surface area contributed by atoms with Gasteiger partial charge in [-0.3, -0.25) is 9.59 Å². The summed E-state index contributed by atoms with van der Waals surface area (Å²) in [4.78, 5) is 24.5. The normalized spacial score (nSPS) is 20.1. The molecule has 1 aliphatic rings. The van der Waals surface area contributed by atoms with E-state index in [0.29, 0.717) is 26.2 Å². The summed E-state index contributed by atoms with van der Waals surface area (Å²) in [5.41, 5.74) is 0. The molecule has 88 valence electrons. The van der Waals surface area contributed by atoms with Crippen molar-refractivity contribution in [2.75, 3.05) is 26.2 Å². The van der Waals surface area contributed by atoms with Crippen molar-refractivity contribution < 1.29 is 9.59 Å². The number of piperazine rings is 1. The quantitative estimate of drug-likeness (QED) is 0.685. The second-order valence-corrected chi connectivity index (χ2v) is 3.26. The molecule has 2 amide bonds. The molecule has 1 rings (SSSR count). The first-order valence-electron chi connectivity index (χ1n) is 4.97. The first-order chi connectivity index (χ1) is 6.69. The highest BCUT2D eigenvalue weighted by Crippen LogP contribution is 1.97. The molecular formula is C9H18ClN3O2. The highest BCUT2D eigenvalue weighted by Gasteiger charge is 2.26. The van der Waals surface area contributed by atoms with Crippen molar-refractivity contribution in [3.63, 3.8) is 0 Å². The van der Waals surface area contributed by atoms with Crippen molar-refractivity contribution in [1.29, 1.82) is 0 Å². The molecule has 1 saturated heterocycles. The molecule has 1 heterocycles. The molecule has 0 aromatic heterocycles. The predicted octanol–water partition coefficient (Wildman–Crippen LogP) is -0.635. The molecule has 2 N–H and O–H groups in total. The summed E-state index contributed by atoms with van der Waals surface area (Å²) in [5.74, 6) is -0.114. The molecular weight excluding hydrogens is 218 g/mol. The van der Waals surface area contributed by atoms with Gasteiger partial charge in [0.2, 0.25) is 11.8 Å². The maximum absolute atomic E-state index is 11.8. The topological polar surface area (TPSA) is 61.4 Å². The van der Waals surface area contributed by atoms with Crippen molar-refractivity contribution >= 4 is 24.2 Å². The van der Waals surface area contributed by atoms with Crippen LogP contribution in [0, 0.1) is 0 Å². The van der Waals surface area contributed by atoms with Gasteiger partial charge in [-0.05, 0) is 13.8 Å². The van der Waals surface area contributed by atoms with Crippen molar-refractivity contribution in [2.45, 2.75) is 19.9 Å². The van der Waals surface area contributed by atoms with Crippen molar-refractivity contribution in [2.24, 2.45) is 0 Å². The van der Waals surface area contributed by atoms with E-state index < -0.39 is 6.04 Å². The van der Waals surface area contributed by atoms with Crippen LogP contribution >= 0.6 is 12.4 Å². The van der Waals surface area contributed by atoms with E-state index in [1.807, 2.05) is 13.8 Å². The lowest BCUT2D eigenvalue weighted by atomic mass is 10.2. The fourth-order valence-electron chi connectivity index (χ4n) is 1.53. The van der Waals surface area contributed by atoms with Crippen LogP contribution in [0.1, 0.15) is 13.8 Å². The van der Waals surface area contributed by atoms with Crippen LogP contribution in [0.4, 0.5) is 0 Å². The summed E-state index contributed by atoms with van der Waals surface area (Å²) >= 11 is 0. The Morgan fingerprint density at radius 2 is 2.07 bits per heavy atom. The van der Waals surface area contributed by atoms with Gasteiger partial charge in [-0.15, -0.1) is 12.4 Å². The van der Waals surface area contributed by atoms with E-state index in [2.05, 4.69) is 10.6 Å². The molecule has 1 atom stereocenters. The van der Waals surface area contributed by atoms with Gasteiger partial charge >= 0.3 is 0 Å². The molecule has 0 aliphatic carbocycles. The number of carbonyl (C=O) groups is 2. The average molecular weight is 236 g/mol. The van der Waals surface area contributed by atoms with E-state index in [1.54, 1.807) is 4.90 Å². The van der Waals surface area contributed by atoms with Gasteiger partial charge in [-0.1, -0.05) is 0 Å². The second kappa shape index (κ2) is 6.63. The summed E-state index contributed by atoms with van der Waals surface area (Å²) in [6, 6.07) is -0.392. The Labute approximate surface area is 96.0 Å². The van der Waals surface area contributed by atoms with E-state index in [1.165, 1.54) is 0 Å². The Morgan fingerprint density at radius 3 is 2.53 bits per heavy atom. The van der Waals surface area contributed by atoms with Crippen molar-refractivity contribution in [3.05, 3.63) is 0 Å². The monoisotopic (exact) mass is 235 g/mol. The summed E-state index contributed by atoms with van der Waals surface area (Å²) in [7, 11) is 0. The number of hydrogen-bond acceptors (Lipinski definition) is 3. The van der Waals surface area contributed by atoms with Gasteiger partial charge in [-0.25, -0.2) is 0 Å². The molecule has 1 unspecified atom stereocenters. The van der Waals surface area contributed by atoms with Gasteiger partial charge < -0.3 is 15.5 Å². The van der Waals surface area contributed by atoms with Gasteiger partial charge in [0.05, 0.1) is 6.54 Å². The highest BCUT2D eigenvalue weighted by atomic mass is 35.5. The molecule has 0 bridgehead atoms. The minimum atomic E-state index is -0.392. The molecule has 1 aliphatic heterocycles. The predicted molar refractivity (Wildman–Crippen MR) is 60.0 cm³/mol. The number of rotatable bonds is 3. The molecule has 1 fully saturated rings. The molecule has 5 nitrogen and oxygen atoms in total. The first kappa shape index (κ1) is 14.2. The number of amides is 2. The third-order valence-electron chi connectivity index (χ3n) is 2.34. The fourth-order valence-corrected chi connectivity index (χ4v) is 1.53. The van der Waals surface area contributed by atoms with Crippen LogP contribution in [0.3, 0.4) is 0 Å². The minimum Gasteiger partial charge on any atom is -0.342 e. The molecule has 6 heteroatoms. The van der Waals surface area contributed by atoms with Gasteiger partial charge in [-0.2, -0.15) is 0 Å². The van der Waals surface area contributed by atoms with Crippen LogP contribution in [-0.4, -0.2) is 48.9 Å². The smallest absolute Gasteiger partial charge is 0.246 e. The number of halogens is 1. The van der Waals surface area contributed by atoms with E-state index >= 15 is 0 Å². The lowest BCUT2D eigenvalue weighted by Gasteiger charge is -2.28. The van der Waals surface area contributed by atoms with Gasteiger partial charge in [0.15, 0.2) is 0 Å². The van der Waals surface area contributed by atoms with E-state index in [0.717, 1.165) is 0 Å². The zero-order valence-electron chi connectivity index (χ0n) is 9.08. The molecule has 0 aromatic rings. The summed E-state index contributed by atoms with van der Waals surface area (Å²) < 4.78 is 0. The lowest BCUT2D eigenvalue weighted by Crippen LogP contribution is -2.59. The van der Waals surface area contributed by atoms with Crippen LogP contribution in [0.15, 0.2) is 0 Å². The first-order valence-corrected chi connectivity index (χ1v) is 4.97. The third kappa shape index (κ3) is 3.68. The third-order valence-corrected chi connectivity index (χ3v) is 2.34. The number of likely N-dealkylation sites (N-methyl/N-ethyl adjacent to an activating group) is 1. The summed E-state index contributed by atoms with van der Waals surface area (Å²) in [5, 5.41) is 5.58. The zero-order valence-corrected chi connectivity index (χ0v) is 9.89. The Bertz CT molecular complexity index is 231. The number of carbonyl (C=O) groups excluding carboxylic acids is 2. The SMILES string of the molecule is CCN(CC)C(=O)C1CNCC(=O)N1.Cl. The molecule has 15 heavy (non-hydrogen) atoms. The van der Waals surface area contributed by atoms with E-state index in [9.17, 15) is 9.59 Å². The fraction of sp³-hybridized carbons (Fsp3) is 0.778. The Morgan fingerprint density at radius 1 is 1.47 bits per heavy atom. The van der Waals surface area contributed by atoms with Gasteiger partial charge in [0.25, 0.3) is 0 Å². The van der Waals surface area contributed by atoms with Gasteiger partial charge in [0, 0.05) is 19.6 Å². The Kier molecular flexibility index (Phi) is 6.27. The van der Waals surface area contributed by atoms with Crippen LogP contribution < -0.4 is 10.6 Å². The van der Waals surface area contributed by atoms with Crippen LogP contribution in [-0.2, 0) is 9.59 Å². The van der Waals surface area contributed by atoms with Crippen molar-refractivity contribution in [3.8, 4) is 0 Å². The molecule has 0 radical (unpaired) electrons. The maximum Gasteiger partial charge on any atom is 0.246 e. The van der Waals surface area contributed by atoms with Crippen LogP contribution in [0.25, 0.3) is 0 Å². The minimum absolute atomic E-state index is 0. The molecule has 0 aromatic carbocycles. The lowest BCUT2D eigenvalue weighted by molar-refractivity contribution is -0.137. The largest absolute Gasteiger partial charge is 0.342 e. The van der Waals surface area contributed by atoms with Crippen molar-refractivity contribution in [1.82, 2.24) is 15.5 Å². The highest BCUT2D eigenvalue weighted by molar-refractivity contribution is 5.89. The van der Waals surface area contributed by atoms with Crippen LogP contribution in [0.5, 0.6) is 0 Å². The van der Waals surface area contributed by atoms with Gasteiger partial charge in [0.1, 0.15) is 6.04 Å². The molecule has 0 spiro atoms. The average Bonchev–Trinajstić information content (AvgIpc) is 2.19. The number of nitrogens with zero attached hydrogens (tertiary/aromatic N) is 1. The number of nitrogens with one attached hydrogen (secondary N) is 2. The standard InChI is InChI=1S/C9H17N3O2.ClH/c1-3-12(4-2)9(14)7-5-10-6-8(13)11-7;/h7,10H,3-6H2,1-2H3,(H,11,13);1H. The van der Waals surface area contributed by atoms with E-state index in [4.69, 9.17) is 0 Å². The number of hydrogen-bond donors (Lipinski definition) is 2. The van der Waals surface area contributed by atoms with Crippen LogP contribution in [0.2, 0.25) is 0 Å². The Hall–Kier alpha value is -0.810. The maximum atomic E-state index is 11.8. The summed E-state index contributed by atoms with van der Waals surface area (Å²) in [6.45, 7) is 6.06. The molecule has 0 saturated carbocycles. The second-order valence-electron chi connectivity index (χ2n) is 3.26.